The van der Waals surface area contributed by atoms with Gasteiger partial charge in [-0.25, -0.2) is 8.78 Å². The number of alkyl halides is 2. The van der Waals surface area contributed by atoms with Crippen LogP contribution in [0, 0.1) is 5.92 Å². The van der Waals surface area contributed by atoms with Crippen molar-refractivity contribution in [3.63, 3.8) is 0 Å². The lowest BCUT2D eigenvalue weighted by Gasteiger charge is -2.41. The Morgan fingerprint density at radius 2 is 1.93 bits per heavy atom. The smallest absolute Gasteiger partial charge is 0.248 e. The lowest BCUT2D eigenvalue weighted by atomic mass is 9.84. The van der Waals surface area contributed by atoms with E-state index in [1.807, 2.05) is 23.3 Å². The van der Waals surface area contributed by atoms with Gasteiger partial charge in [-0.2, -0.15) is 11.3 Å². The first-order chi connectivity index (χ1) is 14.2. The molecule has 0 spiro atoms. The van der Waals surface area contributed by atoms with Gasteiger partial charge in [0.25, 0.3) is 0 Å². The Morgan fingerprint density at radius 1 is 1.27 bits per heavy atom. The first-order valence-corrected chi connectivity index (χ1v) is 11.9. The molecule has 2 heterocycles. The van der Waals surface area contributed by atoms with Crippen LogP contribution in [0.15, 0.2) is 16.8 Å². The Bertz CT molecular complexity index is 695. The topological polar surface area (TPSA) is 66.6 Å². The highest BCUT2D eigenvalue weighted by atomic mass is 32.1. The van der Waals surface area contributed by atoms with Gasteiger partial charge in [0.15, 0.2) is 0 Å². The van der Waals surface area contributed by atoms with E-state index in [1.54, 1.807) is 11.3 Å². The number of carbonyl (C=O) groups is 2. The molecule has 2 N–H and O–H groups in total. The summed E-state index contributed by atoms with van der Waals surface area (Å²) in [4.78, 5) is 28.7. The largest absolute Gasteiger partial charge is 0.370 e. The van der Waals surface area contributed by atoms with Crippen molar-refractivity contribution in [2.75, 3.05) is 13.1 Å². The number of nitrogens with zero attached hydrogens (tertiary/aromatic N) is 2. The molecule has 8 heteroatoms. The lowest BCUT2D eigenvalue weighted by Crippen LogP contribution is -2.49. The monoisotopic (exact) mass is 441 g/mol. The minimum atomic E-state index is -2.57. The average Bonchev–Trinajstić information content (AvgIpc) is 3.20. The van der Waals surface area contributed by atoms with Crippen LogP contribution < -0.4 is 5.73 Å². The van der Waals surface area contributed by atoms with Crippen molar-refractivity contribution < 1.29 is 18.4 Å². The summed E-state index contributed by atoms with van der Waals surface area (Å²) in [6.45, 7) is 4.23. The Hall–Kier alpha value is -1.54. The molecule has 30 heavy (non-hydrogen) atoms. The third-order valence-corrected chi connectivity index (χ3v) is 7.35. The fourth-order valence-corrected chi connectivity index (χ4v) is 5.39. The maximum Gasteiger partial charge on any atom is 0.248 e. The average molecular weight is 442 g/mol. The van der Waals surface area contributed by atoms with Crippen LogP contribution in [0.25, 0.3) is 0 Å². The van der Waals surface area contributed by atoms with Crippen molar-refractivity contribution in [1.29, 1.82) is 0 Å². The van der Waals surface area contributed by atoms with Gasteiger partial charge < -0.3 is 10.6 Å². The summed E-state index contributed by atoms with van der Waals surface area (Å²) in [5, 5.41) is 4.07. The van der Waals surface area contributed by atoms with E-state index < -0.39 is 5.92 Å². The molecule has 5 nitrogen and oxygen atoms in total. The van der Waals surface area contributed by atoms with Crippen LogP contribution in [0.3, 0.4) is 0 Å². The second-order valence-electron chi connectivity index (χ2n) is 8.94. The van der Waals surface area contributed by atoms with Crippen LogP contribution in [-0.4, -0.2) is 52.7 Å². The molecule has 1 atom stereocenters. The number of primary amides is 1. The van der Waals surface area contributed by atoms with Gasteiger partial charge >= 0.3 is 0 Å². The second-order valence-corrected chi connectivity index (χ2v) is 9.72. The quantitative estimate of drug-likeness (QED) is 0.663. The van der Waals surface area contributed by atoms with Gasteiger partial charge in [-0.3, -0.25) is 14.5 Å². The SMILES string of the molecule is CC(CC(N)=O)N1CCC(N(Cc2ccsc2)C(=O)CC2CCC(F)(F)CC2)CC1. The highest BCUT2D eigenvalue weighted by Crippen LogP contribution is 2.38. The highest BCUT2D eigenvalue weighted by molar-refractivity contribution is 7.07. The first-order valence-electron chi connectivity index (χ1n) is 10.9. The summed E-state index contributed by atoms with van der Waals surface area (Å²) >= 11 is 1.61. The number of likely N-dealkylation sites (tertiary alicyclic amines) is 1. The van der Waals surface area contributed by atoms with E-state index >= 15 is 0 Å². The minimum absolute atomic E-state index is 0.0535. The van der Waals surface area contributed by atoms with Crippen LogP contribution in [0.5, 0.6) is 0 Å². The number of thiophene rings is 1. The van der Waals surface area contributed by atoms with Gasteiger partial charge in [0, 0.05) is 57.4 Å². The molecule has 1 saturated carbocycles. The minimum Gasteiger partial charge on any atom is -0.370 e. The van der Waals surface area contributed by atoms with Crippen LogP contribution in [-0.2, 0) is 16.1 Å². The number of carbonyl (C=O) groups excluding carboxylic acids is 2. The fourth-order valence-electron chi connectivity index (χ4n) is 4.73. The Labute approximate surface area is 181 Å². The van der Waals surface area contributed by atoms with Crippen LogP contribution >= 0.6 is 11.3 Å². The summed E-state index contributed by atoms with van der Waals surface area (Å²) in [6.07, 6.45) is 3.04. The van der Waals surface area contributed by atoms with E-state index in [9.17, 15) is 18.4 Å². The van der Waals surface area contributed by atoms with E-state index in [2.05, 4.69) is 10.3 Å². The summed E-state index contributed by atoms with van der Waals surface area (Å²) in [5.41, 5.74) is 6.45. The molecule has 3 rings (SSSR count). The summed E-state index contributed by atoms with van der Waals surface area (Å²) in [5.74, 6) is -2.72. The van der Waals surface area contributed by atoms with Gasteiger partial charge in [-0.1, -0.05) is 0 Å². The Balaban J connectivity index is 1.60. The number of nitrogens with two attached hydrogens (primary N) is 1. The molecule has 0 bridgehead atoms. The molecule has 1 saturated heterocycles. The summed E-state index contributed by atoms with van der Waals surface area (Å²) < 4.78 is 26.9. The fraction of sp³-hybridized carbons (Fsp3) is 0.727. The third-order valence-electron chi connectivity index (χ3n) is 6.61. The van der Waals surface area contributed by atoms with Gasteiger partial charge in [-0.15, -0.1) is 0 Å². The molecule has 2 amide bonds. The third kappa shape index (κ3) is 6.48. The number of hydrogen-bond donors (Lipinski definition) is 1. The van der Waals surface area contributed by atoms with Crippen LogP contribution in [0.4, 0.5) is 8.78 Å². The van der Waals surface area contributed by atoms with Crippen molar-refractivity contribution in [2.45, 2.75) is 82.8 Å². The molecule has 1 aromatic rings. The Morgan fingerprint density at radius 3 is 2.50 bits per heavy atom. The Kier molecular flexibility index (Phi) is 7.85. The number of amides is 2. The van der Waals surface area contributed by atoms with Crippen molar-refractivity contribution in [2.24, 2.45) is 11.7 Å². The van der Waals surface area contributed by atoms with Crippen molar-refractivity contribution in [3.05, 3.63) is 22.4 Å². The predicted molar refractivity (Wildman–Crippen MR) is 114 cm³/mol. The van der Waals surface area contributed by atoms with Crippen molar-refractivity contribution in [1.82, 2.24) is 9.80 Å². The normalized spacial score (nSPS) is 22.0. The molecule has 1 aliphatic heterocycles. The van der Waals surface area contributed by atoms with E-state index in [0.29, 0.717) is 32.2 Å². The molecule has 1 aromatic heterocycles. The number of piperidine rings is 1. The number of halogens is 2. The first kappa shape index (κ1) is 23.1. The second kappa shape index (κ2) is 10.2. The van der Waals surface area contributed by atoms with Crippen LogP contribution in [0.2, 0.25) is 0 Å². The van der Waals surface area contributed by atoms with Crippen molar-refractivity contribution in [3.8, 4) is 0 Å². The maximum atomic E-state index is 13.5. The molecule has 0 aromatic carbocycles. The lowest BCUT2D eigenvalue weighted by molar-refractivity contribution is -0.137. The molecule has 2 fully saturated rings. The molecule has 0 radical (unpaired) electrons. The standard InChI is InChI=1S/C22H33F2N3O2S/c1-16(12-20(25)28)26-9-4-19(5-10-26)27(14-18-6-11-30-15-18)21(29)13-17-2-7-22(23,24)8-3-17/h6,11,15-17,19H,2-5,7-10,12-14H2,1H3,(H2,25,28). The van der Waals surface area contributed by atoms with E-state index in [1.165, 1.54) is 0 Å². The number of rotatable bonds is 8. The molecule has 1 aliphatic carbocycles. The van der Waals surface area contributed by atoms with Gasteiger partial charge in [-0.05, 0) is 60.9 Å². The molecule has 1 unspecified atom stereocenters. The molecular weight excluding hydrogens is 408 g/mol. The molecular formula is C22H33F2N3O2S. The molecule has 2 aliphatic rings. The van der Waals surface area contributed by atoms with Gasteiger partial charge in [0.2, 0.25) is 17.7 Å². The van der Waals surface area contributed by atoms with Crippen LogP contribution in [0.1, 0.15) is 63.9 Å². The maximum absolute atomic E-state index is 13.5. The zero-order chi connectivity index (χ0) is 21.7. The summed E-state index contributed by atoms with van der Waals surface area (Å²) in [7, 11) is 0. The van der Waals surface area contributed by atoms with Crippen molar-refractivity contribution >= 4 is 23.2 Å². The zero-order valence-electron chi connectivity index (χ0n) is 17.7. The van der Waals surface area contributed by atoms with Gasteiger partial charge in [0.05, 0.1) is 0 Å². The molecule has 168 valence electrons. The van der Waals surface area contributed by atoms with E-state index in [0.717, 1.165) is 31.5 Å². The van der Waals surface area contributed by atoms with Gasteiger partial charge in [0.1, 0.15) is 0 Å². The summed E-state index contributed by atoms with van der Waals surface area (Å²) in [6, 6.07) is 2.28. The predicted octanol–water partition coefficient (Wildman–Crippen LogP) is 4.02. The zero-order valence-corrected chi connectivity index (χ0v) is 18.5. The number of hydrogen-bond acceptors (Lipinski definition) is 4. The van der Waals surface area contributed by atoms with E-state index in [-0.39, 0.29) is 42.7 Å². The highest BCUT2D eigenvalue weighted by Gasteiger charge is 2.37. The van der Waals surface area contributed by atoms with E-state index in [4.69, 9.17) is 5.73 Å².